The first kappa shape index (κ1) is 13.1. The standard InChI is InChI=1S/C14H21FN2O/c1-3-11-10-17(8-4-7-16-11)12-5-6-13(15)14(9-12)18-2/h5-6,9,11,16H,3-4,7-8,10H2,1-2H3. The van der Waals surface area contributed by atoms with Gasteiger partial charge >= 0.3 is 0 Å². The van der Waals surface area contributed by atoms with E-state index in [-0.39, 0.29) is 5.82 Å². The Kier molecular flexibility index (Phi) is 4.42. The third kappa shape index (κ3) is 2.93. The van der Waals surface area contributed by atoms with E-state index < -0.39 is 0 Å². The Bertz CT molecular complexity index is 397. The lowest BCUT2D eigenvalue weighted by Crippen LogP contribution is -2.37. The van der Waals surface area contributed by atoms with E-state index in [1.54, 1.807) is 6.07 Å². The Balaban J connectivity index is 2.18. The van der Waals surface area contributed by atoms with Gasteiger partial charge in [0.1, 0.15) is 0 Å². The van der Waals surface area contributed by atoms with E-state index in [1.807, 2.05) is 6.07 Å². The van der Waals surface area contributed by atoms with Gasteiger partial charge in [0, 0.05) is 30.9 Å². The molecule has 100 valence electrons. The smallest absolute Gasteiger partial charge is 0.165 e. The van der Waals surface area contributed by atoms with Crippen LogP contribution in [0.25, 0.3) is 0 Å². The summed E-state index contributed by atoms with van der Waals surface area (Å²) >= 11 is 0. The van der Waals surface area contributed by atoms with Crippen molar-refractivity contribution >= 4 is 5.69 Å². The van der Waals surface area contributed by atoms with Crippen LogP contribution in [0.3, 0.4) is 0 Å². The minimum absolute atomic E-state index is 0.304. The monoisotopic (exact) mass is 252 g/mol. The van der Waals surface area contributed by atoms with Gasteiger partial charge < -0.3 is 15.0 Å². The molecule has 1 heterocycles. The second-order valence-corrected chi connectivity index (χ2v) is 4.68. The molecular formula is C14H21FN2O. The molecule has 1 atom stereocenters. The SMILES string of the molecule is CCC1CN(c2ccc(F)c(OC)c2)CCCN1. The van der Waals surface area contributed by atoms with Crippen molar-refractivity contribution in [3.8, 4) is 5.75 Å². The number of ether oxygens (including phenoxy) is 1. The molecule has 1 unspecified atom stereocenters. The third-order valence-electron chi connectivity index (χ3n) is 3.47. The molecule has 0 saturated carbocycles. The van der Waals surface area contributed by atoms with Gasteiger partial charge in [0.25, 0.3) is 0 Å². The molecule has 0 radical (unpaired) electrons. The second kappa shape index (κ2) is 6.05. The van der Waals surface area contributed by atoms with E-state index in [9.17, 15) is 4.39 Å². The van der Waals surface area contributed by atoms with Gasteiger partial charge in [-0.15, -0.1) is 0 Å². The van der Waals surface area contributed by atoms with Crippen LogP contribution in [0.1, 0.15) is 19.8 Å². The van der Waals surface area contributed by atoms with E-state index in [4.69, 9.17) is 4.74 Å². The van der Waals surface area contributed by atoms with Crippen LogP contribution >= 0.6 is 0 Å². The summed E-state index contributed by atoms with van der Waals surface area (Å²) < 4.78 is 18.4. The molecule has 1 aliphatic rings. The lowest BCUT2D eigenvalue weighted by atomic mass is 10.2. The molecule has 2 rings (SSSR count). The van der Waals surface area contributed by atoms with Gasteiger partial charge in [-0.25, -0.2) is 4.39 Å². The molecule has 1 aliphatic heterocycles. The first-order chi connectivity index (χ1) is 8.74. The number of anilines is 1. The van der Waals surface area contributed by atoms with E-state index in [1.165, 1.54) is 13.2 Å². The maximum Gasteiger partial charge on any atom is 0.165 e. The summed E-state index contributed by atoms with van der Waals surface area (Å²) in [6.45, 7) is 5.20. The van der Waals surface area contributed by atoms with Crippen LogP contribution in [-0.2, 0) is 0 Å². The van der Waals surface area contributed by atoms with E-state index in [2.05, 4.69) is 17.1 Å². The van der Waals surface area contributed by atoms with Crippen molar-refractivity contribution in [1.82, 2.24) is 5.32 Å². The van der Waals surface area contributed by atoms with E-state index in [0.29, 0.717) is 11.8 Å². The summed E-state index contributed by atoms with van der Waals surface area (Å²) in [4.78, 5) is 2.30. The van der Waals surface area contributed by atoms with Crippen LogP contribution in [0.15, 0.2) is 18.2 Å². The zero-order valence-electron chi connectivity index (χ0n) is 11.1. The molecule has 1 N–H and O–H groups in total. The Morgan fingerprint density at radius 2 is 2.33 bits per heavy atom. The molecule has 18 heavy (non-hydrogen) atoms. The summed E-state index contributed by atoms with van der Waals surface area (Å²) in [7, 11) is 1.50. The Labute approximate surface area is 108 Å². The van der Waals surface area contributed by atoms with E-state index >= 15 is 0 Å². The van der Waals surface area contributed by atoms with Gasteiger partial charge in [-0.05, 0) is 31.5 Å². The number of halogens is 1. The zero-order chi connectivity index (χ0) is 13.0. The topological polar surface area (TPSA) is 24.5 Å². The van der Waals surface area contributed by atoms with Gasteiger partial charge in [0.05, 0.1) is 7.11 Å². The fraction of sp³-hybridized carbons (Fsp3) is 0.571. The first-order valence-corrected chi connectivity index (χ1v) is 6.56. The molecular weight excluding hydrogens is 231 g/mol. The lowest BCUT2D eigenvalue weighted by Gasteiger charge is -2.26. The van der Waals surface area contributed by atoms with Gasteiger partial charge in [0.15, 0.2) is 11.6 Å². The van der Waals surface area contributed by atoms with Crippen molar-refractivity contribution < 1.29 is 9.13 Å². The zero-order valence-corrected chi connectivity index (χ0v) is 11.1. The third-order valence-corrected chi connectivity index (χ3v) is 3.47. The van der Waals surface area contributed by atoms with Crippen molar-refractivity contribution in [2.75, 3.05) is 31.6 Å². The summed E-state index contributed by atoms with van der Waals surface area (Å²) in [5.74, 6) is 0.0130. The number of nitrogens with one attached hydrogen (secondary N) is 1. The first-order valence-electron chi connectivity index (χ1n) is 6.56. The largest absolute Gasteiger partial charge is 0.494 e. The maximum atomic E-state index is 13.4. The van der Waals surface area contributed by atoms with Gasteiger partial charge in [-0.2, -0.15) is 0 Å². The molecule has 1 fully saturated rings. The summed E-state index contributed by atoms with van der Waals surface area (Å²) in [6.07, 6.45) is 2.21. The average Bonchev–Trinajstić information content (AvgIpc) is 2.64. The Hall–Kier alpha value is -1.29. The normalized spacial score (nSPS) is 20.6. The molecule has 0 aromatic heterocycles. The molecule has 0 amide bonds. The number of methoxy groups -OCH3 is 1. The maximum absolute atomic E-state index is 13.4. The number of hydrogen-bond donors (Lipinski definition) is 1. The molecule has 0 aliphatic carbocycles. The van der Waals surface area contributed by atoms with Crippen molar-refractivity contribution in [1.29, 1.82) is 0 Å². The van der Waals surface area contributed by atoms with Gasteiger partial charge in [-0.1, -0.05) is 6.92 Å². The summed E-state index contributed by atoms with van der Waals surface area (Å²) in [6, 6.07) is 5.60. The number of benzene rings is 1. The predicted octanol–water partition coefficient (Wildman–Crippen LogP) is 2.41. The highest BCUT2D eigenvalue weighted by molar-refractivity contribution is 5.51. The fourth-order valence-electron chi connectivity index (χ4n) is 2.35. The molecule has 1 saturated heterocycles. The van der Waals surface area contributed by atoms with Crippen molar-refractivity contribution in [3.63, 3.8) is 0 Å². The molecule has 1 aromatic rings. The summed E-state index contributed by atoms with van der Waals surface area (Å²) in [5, 5.41) is 3.52. The van der Waals surface area contributed by atoms with Crippen molar-refractivity contribution in [2.45, 2.75) is 25.8 Å². The fourth-order valence-corrected chi connectivity index (χ4v) is 2.35. The molecule has 0 bridgehead atoms. The van der Waals surface area contributed by atoms with Crippen LogP contribution in [0.2, 0.25) is 0 Å². The highest BCUT2D eigenvalue weighted by atomic mass is 19.1. The molecule has 3 nitrogen and oxygen atoms in total. The van der Waals surface area contributed by atoms with E-state index in [0.717, 1.165) is 38.2 Å². The molecule has 1 aromatic carbocycles. The van der Waals surface area contributed by atoms with Crippen molar-refractivity contribution in [2.24, 2.45) is 0 Å². The molecule has 4 heteroatoms. The summed E-state index contributed by atoms with van der Waals surface area (Å²) in [5.41, 5.74) is 1.04. The van der Waals surface area contributed by atoms with Crippen LogP contribution in [0.5, 0.6) is 5.75 Å². The van der Waals surface area contributed by atoms with Crippen LogP contribution < -0.4 is 15.0 Å². The second-order valence-electron chi connectivity index (χ2n) is 4.68. The Morgan fingerprint density at radius 3 is 3.06 bits per heavy atom. The Morgan fingerprint density at radius 1 is 1.50 bits per heavy atom. The van der Waals surface area contributed by atoms with Crippen LogP contribution in [0.4, 0.5) is 10.1 Å². The number of nitrogens with zero attached hydrogens (tertiary/aromatic N) is 1. The average molecular weight is 252 g/mol. The minimum atomic E-state index is -0.304. The highest BCUT2D eigenvalue weighted by Crippen LogP contribution is 2.25. The number of hydrogen-bond acceptors (Lipinski definition) is 3. The molecule has 0 spiro atoms. The number of rotatable bonds is 3. The minimum Gasteiger partial charge on any atom is -0.494 e. The quantitative estimate of drug-likeness (QED) is 0.894. The highest BCUT2D eigenvalue weighted by Gasteiger charge is 2.17. The van der Waals surface area contributed by atoms with Crippen LogP contribution in [0, 0.1) is 5.82 Å². The van der Waals surface area contributed by atoms with Gasteiger partial charge in [0.2, 0.25) is 0 Å². The lowest BCUT2D eigenvalue weighted by molar-refractivity contribution is 0.386. The van der Waals surface area contributed by atoms with Gasteiger partial charge in [-0.3, -0.25) is 0 Å². The predicted molar refractivity (Wildman–Crippen MR) is 71.9 cm³/mol. The van der Waals surface area contributed by atoms with Crippen LogP contribution in [-0.4, -0.2) is 32.8 Å². The van der Waals surface area contributed by atoms with Crippen molar-refractivity contribution in [3.05, 3.63) is 24.0 Å².